The second kappa shape index (κ2) is 8.45. The van der Waals surface area contributed by atoms with Gasteiger partial charge in [0.25, 0.3) is 5.91 Å². The second-order valence-electron chi connectivity index (χ2n) is 7.25. The fraction of sp³-hybridized carbons (Fsp3) is 0.286. The molecule has 30 heavy (non-hydrogen) atoms. The molecule has 0 spiro atoms. The number of nitrogen functional groups attached to an aromatic ring is 1. The molecular formula is C21H20F2N4O2S. The molecule has 0 atom stereocenters. The maximum Gasteiger partial charge on any atom is 0.277 e. The average molecular weight is 430 g/mol. The van der Waals surface area contributed by atoms with Gasteiger partial charge in [-0.2, -0.15) is 0 Å². The van der Waals surface area contributed by atoms with Crippen molar-refractivity contribution in [3.63, 3.8) is 0 Å². The Morgan fingerprint density at radius 1 is 1.17 bits per heavy atom. The van der Waals surface area contributed by atoms with E-state index in [1.807, 2.05) is 6.07 Å². The number of anilines is 2. The van der Waals surface area contributed by atoms with E-state index in [1.165, 1.54) is 6.07 Å². The van der Waals surface area contributed by atoms with Gasteiger partial charge in [-0.05, 0) is 55.4 Å². The van der Waals surface area contributed by atoms with Gasteiger partial charge in [0.05, 0.1) is 23.6 Å². The SMILES string of the molecule is Nc1sc(-c2c(F)cccc2F)nc1C(=O)Nc1cnccc1C1CCC(O)CC1. The van der Waals surface area contributed by atoms with Gasteiger partial charge in [0.15, 0.2) is 5.69 Å². The topological polar surface area (TPSA) is 101 Å². The monoisotopic (exact) mass is 430 g/mol. The smallest absolute Gasteiger partial charge is 0.277 e. The lowest BCUT2D eigenvalue weighted by Crippen LogP contribution is -2.20. The molecule has 0 radical (unpaired) electrons. The molecule has 1 fully saturated rings. The summed E-state index contributed by atoms with van der Waals surface area (Å²) in [6.45, 7) is 0. The number of nitrogens with one attached hydrogen (secondary N) is 1. The van der Waals surface area contributed by atoms with E-state index in [0.29, 0.717) is 18.5 Å². The van der Waals surface area contributed by atoms with Gasteiger partial charge in [-0.1, -0.05) is 17.4 Å². The van der Waals surface area contributed by atoms with Crippen LogP contribution >= 0.6 is 11.3 Å². The normalized spacial score (nSPS) is 18.9. The van der Waals surface area contributed by atoms with Gasteiger partial charge in [-0.3, -0.25) is 9.78 Å². The number of aliphatic hydroxyl groups is 1. The van der Waals surface area contributed by atoms with Crippen LogP contribution in [-0.4, -0.2) is 27.1 Å². The number of nitrogens with zero attached hydrogens (tertiary/aromatic N) is 2. The zero-order valence-electron chi connectivity index (χ0n) is 15.9. The molecule has 1 amide bonds. The largest absolute Gasteiger partial charge is 0.393 e. The summed E-state index contributed by atoms with van der Waals surface area (Å²) < 4.78 is 28.1. The predicted molar refractivity (Wildman–Crippen MR) is 111 cm³/mol. The van der Waals surface area contributed by atoms with Gasteiger partial charge >= 0.3 is 0 Å². The van der Waals surface area contributed by atoms with Crippen molar-refractivity contribution in [3.05, 3.63) is 59.6 Å². The number of amides is 1. The van der Waals surface area contributed by atoms with Crippen molar-refractivity contribution in [2.45, 2.75) is 37.7 Å². The minimum atomic E-state index is -0.773. The number of hydrogen-bond acceptors (Lipinski definition) is 6. The van der Waals surface area contributed by atoms with Crippen LogP contribution in [0.2, 0.25) is 0 Å². The summed E-state index contributed by atoms with van der Waals surface area (Å²) in [5.74, 6) is -1.92. The minimum Gasteiger partial charge on any atom is -0.393 e. The van der Waals surface area contributed by atoms with Gasteiger partial charge in [-0.25, -0.2) is 13.8 Å². The van der Waals surface area contributed by atoms with Gasteiger partial charge in [0.1, 0.15) is 21.6 Å². The van der Waals surface area contributed by atoms with Crippen molar-refractivity contribution in [1.29, 1.82) is 0 Å². The van der Waals surface area contributed by atoms with E-state index in [2.05, 4.69) is 15.3 Å². The Kier molecular flexibility index (Phi) is 5.74. The Morgan fingerprint density at radius 2 is 1.87 bits per heavy atom. The Labute approximate surface area is 175 Å². The molecule has 0 bridgehead atoms. The van der Waals surface area contributed by atoms with Gasteiger partial charge in [0, 0.05) is 6.20 Å². The first kappa shape index (κ1) is 20.4. The van der Waals surface area contributed by atoms with Crippen LogP contribution in [0.15, 0.2) is 36.7 Å². The number of aromatic nitrogens is 2. The molecule has 2 aromatic heterocycles. The fourth-order valence-corrected chi connectivity index (χ4v) is 4.61. The second-order valence-corrected chi connectivity index (χ2v) is 8.28. The van der Waals surface area contributed by atoms with Crippen LogP contribution in [0, 0.1) is 11.6 Å². The van der Waals surface area contributed by atoms with E-state index < -0.39 is 17.5 Å². The Balaban J connectivity index is 1.59. The van der Waals surface area contributed by atoms with E-state index in [-0.39, 0.29) is 33.3 Å². The third-order valence-corrected chi connectivity index (χ3v) is 6.19. The van der Waals surface area contributed by atoms with Crippen LogP contribution < -0.4 is 11.1 Å². The Bertz CT molecular complexity index is 1060. The molecule has 3 aromatic rings. The van der Waals surface area contributed by atoms with Crippen molar-refractivity contribution in [3.8, 4) is 10.6 Å². The molecule has 1 aromatic carbocycles. The quantitative estimate of drug-likeness (QED) is 0.572. The van der Waals surface area contributed by atoms with E-state index in [1.54, 1.807) is 12.4 Å². The van der Waals surface area contributed by atoms with Crippen molar-refractivity contribution < 1.29 is 18.7 Å². The van der Waals surface area contributed by atoms with Crippen LogP contribution in [0.1, 0.15) is 47.7 Å². The van der Waals surface area contributed by atoms with Crippen LogP contribution in [0.25, 0.3) is 10.6 Å². The lowest BCUT2D eigenvalue weighted by molar-refractivity contribution is 0.102. The molecule has 156 valence electrons. The highest BCUT2D eigenvalue weighted by molar-refractivity contribution is 7.19. The highest BCUT2D eigenvalue weighted by Crippen LogP contribution is 2.37. The molecule has 0 unspecified atom stereocenters. The molecule has 9 heteroatoms. The Morgan fingerprint density at radius 3 is 2.57 bits per heavy atom. The standard InChI is InChI=1S/C21H20F2N4O2S/c22-14-2-1-3-15(23)17(14)21-27-18(19(24)30-21)20(29)26-16-10-25-9-8-13(16)11-4-6-12(28)7-5-11/h1-3,8-12,28H,4-7,24H2,(H,26,29). The zero-order valence-corrected chi connectivity index (χ0v) is 16.8. The van der Waals surface area contributed by atoms with E-state index in [9.17, 15) is 18.7 Å². The number of carbonyl (C=O) groups is 1. The fourth-order valence-electron chi connectivity index (χ4n) is 3.74. The first-order chi connectivity index (χ1) is 14.4. The summed E-state index contributed by atoms with van der Waals surface area (Å²) in [4.78, 5) is 21.0. The summed E-state index contributed by atoms with van der Waals surface area (Å²) in [7, 11) is 0. The van der Waals surface area contributed by atoms with E-state index >= 15 is 0 Å². The molecule has 2 heterocycles. The highest BCUT2D eigenvalue weighted by Gasteiger charge is 2.25. The summed E-state index contributed by atoms with van der Waals surface area (Å²) in [5, 5.41) is 12.6. The number of halogens is 2. The molecule has 1 saturated carbocycles. The first-order valence-corrected chi connectivity index (χ1v) is 10.4. The summed E-state index contributed by atoms with van der Waals surface area (Å²) >= 11 is 0.850. The van der Waals surface area contributed by atoms with Crippen molar-refractivity contribution in [1.82, 2.24) is 9.97 Å². The molecular weight excluding hydrogens is 410 g/mol. The van der Waals surface area contributed by atoms with Crippen molar-refractivity contribution in [2.24, 2.45) is 0 Å². The predicted octanol–water partition coefficient (Wildman–Crippen LogP) is 4.34. The van der Waals surface area contributed by atoms with Crippen molar-refractivity contribution in [2.75, 3.05) is 11.1 Å². The van der Waals surface area contributed by atoms with Gasteiger partial charge in [-0.15, -0.1) is 0 Å². The third kappa shape index (κ3) is 4.03. The molecule has 0 saturated heterocycles. The summed E-state index contributed by atoms with van der Waals surface area (Å²) in [6.07, 6.45) is 5.96. The summed E-state index contributed by atoms with van der Waals surface area (Å²) in [5.41, 5.74) is 7.00. The maximum absolute atomic E-state index is 14.1. The lowest BCUT2D eigenvalue weighted by Gasteiger charge is -2.27. The first-order valence-electron chi connectivity index (χ1n) is 9.58. The molecule has 4 rings (SSSR count). The van der Waals surface area contributed by atoms with Crippen LogP contribution in [-0.2, 0) is 0 Å². The molecule has 1 aliphatic carbocycles. The zero-order chi connectivity index (χ0) is 21.3. The maximum atomic E-state index is 14.1. The number of rotatable bonds is 4. The highest BCUT2D eigenvalue weighted by atomic mass is 32.1. The molecule has 6 nitrogen and oxygen atoms in total. The minimum absolute atomic E-state index is 0.000860. The van der Waals surface area contributed by atoms with Gasteiger partial charge in [0.2, 0.25) is 0 Å². The molecule has 1 aliphatic rings. The Hall–Kier alpha value is -2.91. The number of carbonyl (C=O) groups excluding carboxylic acids is 1. The van der Waals surface area contributed by atoms with E-state index in [4.69, 9.17) is 5.73 Å². The number of thiazole rings is 1. The number of aliphatic hydroxyl groups excluding tert-OH is 1. The van der Waals surface area contributed by atoms with E-state index in [0.717, 1.165) is 41.9 Å². The van der Waals surface area contributed by atoms with Crippen LogP contribution in [0.4, 0.5) is 19.5 Å². The van der Waals surface area contributed by atoms with Crippen LogP contribution in [0.5, 0.6) is 0 Å². The number of benzene rings is 1. The summed E-state index contributed by atoms with van der Waals surface area (Å²) in [6, 6.07) is 5.35. The average Bonchev–Trinajstić information content (AvgIpc) is 3.10. The van der Waals surface area contributed by atoms with Gasteiger partial charge < -0.3 is 16.2 Å². The lowest BCUT2D eigenvalue weighted by atomic mass is 9.82. The third-order valence-electron chi connectivity index (χ3n) is 5.28. The van der Waals surface area contributed by atoms with Crippen molar-refractivity contribution >= 4 is 27.9 Å². The molecule has 0 aliphatic heterocycles. The molecule has 4 N–H and O–H groups in total. The number of hydrogen-bond donors (Lipinski definition) is 3. The number of pyridine rings is 1. The van der Waals surface area contributed by atoms with Crippen LogP contribution in [0.3, 0.4) is 0 Å². The number of nitrogens with two attached hydrogens (primary N) is 1.